The van der Waals surface area contributed by atoms with Crippen molar-refractivity contribution in [3.05, 3.63) is 64.2 Å². The van der Waals surface area contributed by atoms with Crippen molar-refractivity contribution in [1.82, 2.24) is 10.6 Å². The van der Waals surface area contributed by atoms with Crippen molar-refractivity contribution in [2.24, 2.45) is 0 Å². The summed E-state index contributed by atoms with van der Waals surface area (Å²) >= 11 is 6.27. The molecule has 2 amide bonds. The van der Waals surface area contributed by atoms with Crippen molar-refractivity contribution in [1.29, 1.82) is 0 Å². The van der Waals surface area contributed by atoms with Gasteiger partial charge in [-0.15, -0.1) is 0 Å². The van der Waals surface area contributed by atoms with Gasteiger partial charge in [0.25, 0.3) is 11.8 Å². The fraction of sp³-hybridized carbons (Fsp3) is 0.333. The lowest BCUT2D eigenvalue weighted by Gasteiger charge is -2.29. The first kappa shape index (κ1) is 19.2. The van der Waals surface area contributed by atoms with Gasteiger partial charge in [0.05, 0.1) is 10.6 Å². The molecule has 0 atom stereocenters. The topological polar surface area (TPSA) is 61.4 Å². The van der Waals surface area contributed by atoms with E-state index >= 15 is 0 Å². The summed E-state index contributed by atoms with van der Waals surface area (Å²) in [5.74, 6) is -0.371. The highest BCUT2D eigenvalue weighted by molar-refractivity contribution is 6.34. The number of amides is 2. The lowest BCUT2D eigenvalue weighted by Crippen LogP contribution is -2.30. The Morgan fingerprint density at radius 2 is 1.81 bits per heavy atom. The second-order valence-corrected chi connectivity index (χ2v) is 7.08. The van der Waals surface area contributed by atoms with Gasteiger partial charge in [0, 0.05) is 37.9 Å². The van der Waals surface area contributed by atoms with Crippen molar-refractivity contribution in [2.45, 2.75) is 25.8 Å². The van der Waals surface area contributed by atoms with Crippen LogP contribution in [0.3, 0.4) is 0 Å². The van der Waals surface area contributed by atoms with Crippen molar-refractivity contribution in [2.75, 3.05) is 25.0 Å². The molecule has 1 aliphatic rings. The van der Waals surface area contributed by atoms with Crippen LogP contribution in [0.4, 0.5) is 5.69 Å². The van der Waals surface area contributed by atoms with Gasteiger partial charge in [0.2, 0.25) is 0 Å². The molecule has 0 spiro atoms. The Kier molecular flexibility index (Phi) is 6.35. The fourth-order valence-corrected chi connectivity index (χ4v) is 3.48. The zero-order chi connectivity index (χ0) is 19.2. The second-order valence-electron chi connectivity index (χ2n) is 6.67. The quantitative estimate of drug-likeness (QED) is 0.826. The van der Waals surface area contributed by atoms with Crippen LogP contribution in [0, 0.1) is 0 Å². The maximum Gasteiger partial charge on any atom is 0.253 e. The van der Waals surface area contributed by atoms with Gasteiger partial charge < -0.3 is 15.5 Å². The molecule has 0 aromatic heterocycles. The molecule has 1 heterocycles. The zero-order valence-electron chi connectivity index (χ0n) is 15.4. The molecule has 142 valence electrons. The Morgan fingerprint density at radius 1 is 1.04 bits per heavy atom. The summed E-state index contributed by atoms with van der Waals surface area (Å²) in [6.45, 7) is 2.35. The first-order chi connectivity index (χ1) is 13.1. The highest BCUT2D eigenvalue weighted by Crippen LogP contribution is 2.25. The minimum Gasteiger partial charge on any atom is -0.372 e. The van der Waals surface area contributed by atoms with Crippen LogP contribution in [-0.2, 0) is 6.54 Å². The van der Waals surface area contributed by atoms with Gasteiger partial charge in [-0.2, -0.15) is 0 Å². The third-order valence-electron chi connectivity index (χ3n) is 4.79. The maximum atomic E-state index is 12.7. The number of carbonyl (C=O) groups excluding carboxylic acids is 2. The van der Waals surface area contributed by atoms with E-state index in [-0.39, 0.29) is 11.8 Å². The summed E-state index contributed by atoms with van der Waals surface area (Å²) < 4.78 is 0. The van der Waals surface area contributed by atoms with Crippen molar-refractivity contribution in [3.8, 4) is 0 Å². The molecule has 0 saturated carbocycles. The van der Waals surface area contributed by atoms with E-state index in [9.17, 15) is 9.59 Å². The molecule has 1 aliphatic heterocycles. The normalized spacial score (nSPS) is 13.9. The number of carbonyl (C=O) groups is 2. The van der Waals surface area contributed by atoms with Gasteiger partial charge in [0.1, 0.15) is 0 Å². The van der Waals surface area contributed by atoms with Crippen molar-refractivity contribution in [3.63, 3.8) is 0 Å². The highest BCUT2D eigenvalue weighted by Gasteiger charge is 2.16. The number of hydrogen-bond donors (Lipinski definition) is 2. The summed E-state index contributed by atoms with van der Waals surface area (Å²) in [5, 5.41) is 5.93. The Labute approximate surface area is 164 Å². The summed E-state index contributed by atoms with van der Waals surface area (Å²) in [6.07, 6.45) is 3.60. The van der Waals surface area contributed by atoms with E-state index in [1.807, 2.05) is 18.2 Å². The molecule has 5 nitrogen and oxygen atoms in total. The summed E-state index contributed by atoms with van der Waals surface area (Å²) in [6, 6.07) is 12.8. The third kappa shape index (κ3) is 4.80. The molecule has 3 rings (SSSR count). The predicted molar refractivity (Wildman–Crippen MR) is 109 cm³/mol. The van der Waals surface area contributed by atoms with E-state index in [0.717, 1.165) is 24.3 Å². The van der Waals surface area contributed by atoms with E-state index in [1.54, 1.807) is 31.3 Å². The number of anilines is 1. The van der Waals surface area contributed by atoms with Gasteiger partial charge in [-0.1, -0.05) is 23.7 Å². The average molecular weight is 386 g/mol. The van der Waals surface area contributed by atoms with E-state index in [0.29, 0.717) is 22.7 Å². The van der Waals surface area contributed by atoms with Gasteiger partial charge in [-0.3, -0.25) is 9.59 Å². The van der Waals surface area contributed by atoms with Crippen LogP contribution in [0.5, 0.6) is 0 Å². The predicted octanol–water partition coefficient (Wildman–Crippen LogP) is 3.62. The second kappa shape index (κ2) is 8.91. The van der Waals surface area contributed by atoms with E-state index in [4.69, 9.17) is 11.6 Å². The molecule has 0 bridgehead atoms. The van der Waals surface area contributed by atoms with Crippen LogP contribution in [0.25, 0.3) is 0 Å². The maximum absolute atomic E-state index is 12.7. The minimum absolute atomic E-state index is 0.152. The van der Waals surface area contributed by atoms with Crippen LogP contribution in [0.1, 0.15) is 45.5 Å². The molecule has 6 heteroatoms. The lowest BCUT2D eigenvalue weighted by atomic mass is 10.1. The smallest absolute Gasteiger partial charge is 0.253 e. The highest BCUT2D eigenvalue weighted by atomic mass is 35.5. The van der Waals surface area contributed by atoms with E-state index in [1.165, 1.54) is 19.3 Å². The molecule has 0 radical (unpaired) electrons. The van der Waals surface area contributed by atoms with E-state index in [2.05, 4.69) is 15.5 Å². The molecule has 2 N–H and O–H groups in total. The Bertz CT molecular complexity index is 832. The fourth-order valence-electron chi connectivity index (χ4n) is 3.28. The molecule has 1 saturated heterocycles. The van der Waals surface area contributed by atoms with Crippen molar-refractivity contribution < 1.29 is 9.59 Å². The van der Waals surface area contributed by atoms with Gasteiger partial charge in [0.15, 0.2) is 0 Å². The summed E-state index contributed by atoms with van der Waals surface area (Å²) in [5.41, 5.74) is 2.93. The molecule has 2 aromatic carbocycles. The average Bonchev–Trinajstić information content (AvgIpc) is 2.72. The van der Waals surface area contributed by atoms with E-state index < -0.39 is 0 Å². The Hall–Kier alpha value is -2.53. The number of benzene rings is 2. The van der Waals surface area contributed by atoms with Crippen LogP contribution in [0.15, 0.2) is 42.5 Å². The monoisotopic (exact) mass is 385 g/mol. The van der Waals surface area contributed by atoms with Crippen LogP contribution >= 0.6 is 11.6 Å². The van der Waals surface area contributed by atoms with Gasteiger partial charge in [-0.05, 0) is 55.2 Å². The molecular weight excluding hydrogens is 362 g/mol. The molecule has 0 unspecified atom stereocenters. The molecular formula is C21H24ClN3O2. The summed E-state index contributed by atoms with van der Waals surface area (Å²) in [4.78, 5) is 26.7. The Balaban J connectivity index is 1.70. The lowest BCUT2D eigenvalue weighted by molar-refractivity contribution is 0.0948. The minimum atomic E-state index is -0.218. The van der Waals surface area contributed by atoms with Crippen LogP contribution < -0.4 is 15.5 Å². The number of nitrogens with one attached hydrogen (secondary N) is 2. The zero-order valence-corrected chi connectivity index (χ0v) is 16.2. The standard InChI is InChI=1S/C21H24ClN3O2/c1-23-20(26)16-7-5-6-15(12-16)14-24-21(27)18-13-17(8-9-19(18)22)25-10-3-2-4-11-25/h5-9,12-13H,2-4,10-11,14H2,1H3,(H,23,26)(H,24,27). The van der Waals surface area contributed by atoms with Gasteiger partial charge in [-0.25, -0.2) is 0 Å². The number of rotatable bonds is 5. The SMILES string of the molecule is CNC(=O)c1cccc(CNC(=O)c2cc(N3CCCCC3)ccc2Cl)c1. The van der Waals surface area contributed by atoms with Crippen molar-refractivity contribution >= 4 is 29.1 Å². The Morgan fingerprint density at radius 3 is 2.56 bits per heavy atom. The molecule has 2 aromatic rings. The summed E-state index contributed by atoms with van der Waals surface area (Å²) in [7, 11) is 1.59. The third-order valence-corrected chi connectivity index (χ3v) is 5.11. The number of piperidine rings is 1. The number of nitrogens with zero attached hydrogens (tertiary/aromatic N) is 1. The largest absolute Gasteiger partial charge is 0.372 e. The molecule has 1 fully saturated rings. The van der Waals surface area contributed by atoms with Crippen LogP contribution in [0.2, 0.25) is 5.02 Å². The number of hydrogen-bond acceptors (Lipinski definition) is 3. The molecule has 27 heavy (non-hydrogen) atoms. The number of halogens is 1. The van der Waals surface area contributed by atoms with Gasteiger partial charge >= 0.3 is 0 Å². The first-order valence-corrected chi connectivity index (χ1v) is 9.60. The molecule has 0 aliphatic carbocycles. The first-order valence-electron chi connectivity index (χ1n) is 9.22. The van der Waals surface area contributed by atoms with Crippen LogP contribution in [-0.4, -0.2) is 32.0 Å².